The number of rotatable bonds is 5. The van der Waals surface area contributed by atoms with Crippen LogP contribution in [0.2, 0.25) is 0 Å². The fraction of sp³-hybridized carbons (Fsp3) is 0.500. The number of thioether (sulfide) groups is 1. The molecule has 118 valence electrons. The molecule has 1 aliphatic rings. The van der Waals surface area contributed by atoms with E-state index in [1.54, 1.807) is 0 Å². The molecule has 5 nitrogen and oxygen atoms in total. The summed E-state index contributed by atoms with van der Waals surface area (Å²) in [6, 6.07) is 9.19. The summed E-state index contributed by atoms with van der Waals surface area (Å²) in [5, 5.41) is 11.1. The Bertz CT molecular complexity index is 561. The van der Waals surface area contributed by atoms with Crippen LogP contribution in [0.15, 0.2) is 30.3 Å². The number of carbonyl (C=O) groups excluding carboxylic acids is 2. The molecular formula is C16H19NO4S. The van der Waals surface area contributed by atoms with Gasteiger partial charge in [0, 0.05) is 29.4 Å². The summed E-state index contributed by atoms with van der Waals surface area (Å²) in [5.41, 5.74) is 0.825. The second-order valence-corrected chi connectivity index (χ2v) is 7.09. The van der Waals surface area contributed by atoms with Crippen molar-refractivity contribution in [2.45, 2.75) is 37.4 Å². The van der Waals surface area contributed by atoms with Crippen LogP contribution in [-0.4, -0.2) is 27.6 Å². The van der Waals surface area contributed by atoms with Crippen molar-refractivity contribution in [3.8, 4) is 0 Å². The van der Waals surface area contributed by atoms with Crippen LogP contribution >= 0.6 is 11.8 Å². The fourth-order valence-electron chi connectivity index (χ4n) is 3.08. The third-order valence-corrected chi connectivity index (χ3v) is 5.13. The van der Waals surface area contributed by atoms with Crippen molar-refractivity contribution in [1.82, 2.24) is 0 Å². The minimum Gasteiger partial charge on any atom is -0.299 e. The van der Waals surface area contributed by atoms with Gasteiger partial charge in [0.25, 0.3) is 0 Å². The third-order valence-electron chi connectivity index (χ3n) is 4.03. The number of nitrogens with zero attached hydrogens (tertiary/aromatic N) is 1. The first-order valence-corrected chi connectivity index (χ1v) is 8.22. The molecule has 2 rings (SSSR count). The second kappa shape index (κ2) is 7.54. The minimum atomic E-state index is -0.418. The molecule has 0 heterocycles. The van der Waals surface area contributed by atoms with Crippen molar-refractivity contribution in [2.24, 2.45) is 5.92 Å². The van der Waals surface area contributed by atoms with E-state index in [9.17, 15) is 19.7 Å². The van der Waals surface area contributed by atoms with Crippen molar-refractivity contribution in [3.05, 3.63) is 46.0 Å². The SMILES string of the molecule is CC(=O)S[C@H]1CCC(=O)[C@H]([C@@H](C[N+](=O)[O-])c2ccccc2)C1. The predicted octanol–water partition coefficient (Wildman–Crippen LogP) is 3.06. The Morgan fingerprint density at radius 3 is 2.68 bits per heavy atom. The van der Waals surface area contributed by atoms with Gasteiger partial charge in [0.2, 0.25) is 6.54 Å². The standard InChI is InChI=1S/C16H19NO4S/c1-11(18)22-13-7-8-16(19)14(9-13)15(10-17(20)21)12-5-3-2-4-6-12/h2-6,13-15H,7-10H2,1H3/t13-,14-,15-/m0/s1. The number of benzene rings is 1. The summed E-state index contributed by atoms with van der Waals surface area (Å²) < 4.78 is 0. The van der Waals surface area contributed by atoms with E-state index < -0.39 is 5.92 Å². The summed E-state index contributed by atoms with van der Waals surface area (Å²) in [7, 11) is 0. The van der Waals surface area contributed by atoms with Gasteiger partial charge in [-0.25, -0.2) is 0 Å². The Hall–Kier alpha value is -1.69. The summed E-state index contributed by atoms with van der Waals surface area (Å²) in [5.74, 6) is -0.714. The zero-order chi connectivity index (χ0) is 16.1. The van der Waals surface area contributed by atoms with E-state index in [0.29, 0.717) is 19.3 Å². The van der Waals surface area contributed by atoms with E-state index in [2.05, 4.69) is 0 Å². The van der Waals surface area contributed by atoms with Crippen LogP contribution in [0.3, 0.4) is 0 Å². The number of Topliss-reactive ketones (excluding diaryl/α,β-unsaturated/α-hetero) is 1. The smallest absolute Gasteiger partial charge is 0.211 e. The van der Waals surface area contributed by atoms with Gasteiger partial charge in [-0.2, -0.15) is 0 Å². The molecule has 0 unspecified atom stereocenters. The van der Waals surface area contributed by atoms with Crippen molar-refractivity contribution in [1.29, 1.82) is 0 Å². The van der Waals surface area contributed by atoms with Crippen LogP contribution < -0.4 is 0 Å². The van der Waals surface area contributed by atoms with Crippen LogP contribution in [0, 0.1) is 16.0 Å². The Labute approximate surface area is 133 Å². The monoisotopic (exact) mass is 321 g/mol. The summed E-state index contributed by atoms with van der Waals surface area (Å²) in [6.45, 7) is 1.26. The quantitative estimate of drug-likeness (QED) is 0.615. The molecule has 0 spiro atoms. The molecule has 3 atom stereocenters. The molecule has 1 aromatic rings. The van der Waals surface area contributed by atoms with Crippen molar-refractivity contribution in [3.63, 3.8) is 0 Å². The molecular weight excluding hydrogens is 302 g/mol. The first-order valence-electron chi connectivity index (χ1n) is 7.34. The van der Waals surface area contributed by atoms with Crippen LogP contribution in [0.5, 0.6) is 0 Å². The molecule has 0 radical (unpaired) electrons. The highest BCUT2D eigenvalue weighted by Crippen LogP contribution is 2.38. The first-order chi connectivity index (χ1) is 10.5. The Kier molecular flexibility index (Phi) is 5.71. The van der Waals surface area contributed by atoms with Crippen molar-refractivity contribution >= 4 is 22.7 Å². The van der Waals surface area contributed by atoms with Crippen LogP contribution in [0.1, 0.15) is 37.7 Å². The molecule has 0 bridgehead atoms. The van der Waals surface area contributed by atoms with E-state index in [1.165, 1.54) is 18.7 Å². The zero-order valence-electron chi connectivity index (χ0n) is 12.4. The molecule has 22 heavy (non-hydrogen) atoms. The lowest BCUT2D eigenvalue weighted by molar-refractivity contribution is -0.484. The van der Waals surface area contributed by atoms with Gasteiger partial charge in [-0.15, -0.1) is 0 Å². The second-order valence-electron chi connectivity index (χ2n) is 5.61. The number of ketones is 1. The lowest BCUT2D eigenvalue weighted by atomic mass is 9.76. The van der Waals surface area contributed by atoms with E-state index in [0.717, 1.165) is 5.56 Å². The normalized spacial score (nSPS) is 23.0. The molecule has 0 amide bonds. The van der Waals surface area contributed by atoms with Gasteiger partial charge < -0.3 is 0 Å². The highest BCUT2D eigenvalue weighted by Gasteiger charge is 2.38. The molecule has 0 aromatic heterocycles. The average molecular weight is 321 g/mol. The number of hydrogen-bond acceptors (Lipinski definition) is 5. The van der Waals surface area contributed by atoms with E-state index in [1.807, 2.05) is 30.3 Å². The van der Waals surface area contributed by atoms with Gasteiger partial charge in [-0.05, 0) is 18.4 Å². The lowest BCUT2D eigenvalue weighted by Gasteiger charge is -2.31. The van der Waals surface area contributed by atoms with E-state index in [-0.39, 0.29) is 33.5 Å². The number of nitro groups is 1. The van der Waals surface area contributed by atoms with Gasteiger partial charge in [0.05, 0.1) is 5.92 Å². The summed E-state index contributed by atoms with van der Waals surface area (Å²) in [6.07, 6.45) is 1.62. The highest BCUT2D eigenvalue weighted by molar-refractivity contribution is 8.14. The Morgan fingerprint density at radius 1 is 1.41 bits per heavy atom. The topological polar surface area (TPSA) is 77.3 Å². The summed E-state index contributed by atoms with van der Waals surface area (Å²) >= 11 is 1.25. The molecule has 0 saturated heterocycles. The molecule has 1 fully saturated rings. The van der Waals surface area contributed by atoms with Crippen LogP contribution in [-0.2, 0) is 9.59 Å². The fourth-order valence-corrected chi connectivity index (χ4v) is 4.09. The molecule has 0 N–H and O–H groups in total. The van der Waals surface area contributed by atoms with Gasteiger partial charge in [0.1, 0.15) is 5.78 Å². The van der Waals surface area contributed by atoms with Gasteiger partial charge in [0.15, 0.2) is 5.12 Å². The van der Waals surface area contributed by atoms with Gasteiger partial charge in [-0.3, -0.25) is 19.7 Å². The highest BCUT2D eigenvalue weighted by atomic mass is 32.2. The third kappa shape index (κ3) is 4.40. The number of hydrogen-bond donors (Lipinski definition) is 0. The number of carbonyl (C=O) groups is 2. The average Bonchev–Trinajstić information content (AvgIpc) is 2.47. The van der Waals surface area contributed by atoms with Gasteiger partial charge in [-0.1, -0.05) is 42.1 Å². The summed E-state index contributed by atoms with van der Waals surface area (Å²) in [4.78, 5) is 34.3. The van der Waals surface area contributed by atoms with E-state index in [4.69, 9.17) is 0 Å². The van der Waals surface area contributed by atoms with Crippen LogP contribution in [0.25, 0.3) is 0 Å². The minimum absolute atomic E-state index is 0.0311. The van der Waals surface area contributed by atoms with E-state index >= 15 is 0 Å². The predicted molar refractivity (Wildman–Crippen MR) is 85.5 cm³/mol. The van der Waals surface area contributed by atoms with Crippen LogP contribution in [0.4, 0.5) is 0 Å². The van der Waals surface area contributed by atoms with Crippen molar-refractivity contribution < 1.29 is 14.5 Å². The Morgan fingerprint density at radius 2 is 2.09 bits per heavy atom. The van der Waals surface area contributed by atoms with Crippen molar-refractivity contribution in [2.75, 3.05) is 6.54 Å². The largest absolute Gasteiger partial charge is 0.299 e. The Balaban J connectivity index is 2.22. The lowest BCUT2D eigenvalue weighted by Crippen LogP contribution is -2.34. The molecule has 1 saturated carbocycles. The maximum absolute atomic E-state index is 12.3. The molecule has 0 aliphatic heterocycles. The molecule has 1 aliphatic carbocycles. The molecule has 6 heteroatoms. The maximum Gasteiger partial charge on any atom is 0.211 e. The van der Waals surface area contributed by atoms with Gasteiger partial charge >= 0.3 is 0 Å². The molecule has 1 aromatic carbocycles. The first kappa shape index (κ1) is 16.7. The maximum atomic E-state index is 12.3. The zero-order valence-corrected chi connectivity index (χ0v) is 13.3.